The molecule has 0 bridgehead atoms. The number of nitrogens with zero attached hydrogens (tertiary/aromatic N) is 2. The highest BCUT2D eigenvalue weighted by molar-refractivity contribution is 5.79. The van der Waals surface area contributed by atoms with Gasteiger partial charge in [-0.05, 0) is 58.3 Å². The third-order valence-corrected chi connectivity index (χ3v) is 9.13. The Hall–Kier alpha value is -0.770. The molecule has 1 amide bonds. The molecule has 8 atom stereocenters. The fourth-order valence-corrected chi connectivity index (χ4v) is 7.44. The van der Waals surface area contributed by atoms with E-state index < -0.39 is 0 Å². The van der Waals surface area contributed by atoms with E-state index in [0.29, 0.717) is 37.1 Å². The van der Waals surface area contributed by atoms with Crippen LogP contribution in [-0.2, 0) is 14.3 Å². The Morgan fingerprint density at radius 3 is 2.66 bits per heavy atom. The average Bonchev–Trinajstić information content (AvgIpc) is 3.44. The van der Waals surface area contributed by atoms with Crippen LogP contribution in [0.2, 0.25) is 0 Å². The van der Waals surface area contributed by atoms with E-state index in [1.807, 2.05) is 0 Å². The number of rotatable bonds is 3. The van der Waals surface area contributed by atoms with E-state index >= 15 is 0 Å². The molecule has 0 aromatic carbocycles. The molecule has 8 nitrogen and oxygen atoms in total. The van der Waals surface area contributed by atoms with Crippen LogP contribution in [0, 0.1) is 11.8 Å². The standard InChI is InChI=1S/C24H41N5O3/c1-15-12-22-26-23(18-4-2-3-5-19(18)29(22)27-15)28-10-8-16(9-11-28)24(30)25-17-6-7-20-21(13-17)32-14-31-20/h15-23,26-27H,2-14H2,1H3,(H,25,30). The number of piperidine rings is 1. The van der Waals surface area contributed by atoms with Gasteiger partial charge in [0.05, 0.1) is 24.5 Å². The Bertz CT molecular complexity index is 687. The summed E-state index contributed by atoms with van der Waals surface area (Å²) in [6.45, 7) is 4.77. The maximum Gasteiger partial charge on any atom is 0.223 e. The molecule has 0 aromatic rings. The molecule has 32 heavy (non-hydrogen) atoms. The summed E-state index contributed by atoms with van der Waals surface area (Å²) < 4.78 is 11.3. The van der Waals surface area contributed by atoms with Crippen molar-refractivity contribution in [1.82, 2.24) is 26.0 Å². The average molecular weight is 448 g/mol. The van der Waals surface area contributed by atoms with Crippen LogP contribution in [0.3, 0.4) is 0 Å². The van der Waals surface area contributed by atoms with Gasteiger partial charge in [0, 0.05) is 43.1 Å². The van der Waals surface area contributed by atoms with Crippen molar-refractivity contribution < 1.29 is 14.3 Å². The number of fused-ring (bicyclic) bond motifs is 4. The number of hydrogen-bond donors (Lipinski definition) is 3. The Kier molecular flexibility index (Phi) is 6.19. The molecular weight excluding hydrogens is 406 g/mol. The quantitative estimate of drug-likeness (QED) is 0.606. The summed E-state index contributed by atoms with van der Waals surface area (Å²) in [6, 6.07) is 1.46. The molecule has 3 N–H and O–H groups in total. The van der Waals surface area contributed by atoms with Crippen LogP contribution in [-0.4, -0.2) is 78.4 Å². The second-order valence-corrected chi connectivity index (χ2v) is 11.2. The molecule has 4 saturated heterocycles. The predicted molar refractivity (Wildman–Crippen MR) is 120 cm³/mol. The SMILES string of the molecule is CC1CC2NC(N3CCC(C(=O)NC4CCC5OCOC5C4)CC3)C3CCCCC3N2N1. The number of likely N-dealkylation sites (tertiary alicyclic amines) is 1. The lowest BCUT2D eigenvalue weighted by molar-refractivity contribution is -0.129. The molecule has 8 unspecified atom stereocenters. The largest absolute Gasteiger partial charge is 0.353 e. The van der Waals surface area contributed by atoms with Crippen LogP contribution in [0.5, 0.6) is 0 Å². The summed E-state index contributed by atoms with van der Waals surface area (Å²) >= 11 is 0. The van der Waals surface area contributed by atoms with Crippen molar-refractivity contribution in [3.05, 3.63) is 0 Å². The first-order chi connectivity index (χ1) is 15.7. The highest BCUT2D eigenvalue weighted by Crippen LogP contribution is 2.39. The van der Waals surface area contributed by atoms with Gasteiger partial charge < -0.3 is 14.8 Å². The van der Waals surface area contributed by atoms with Crippen molar-refractivity contribution in [2.45, 2.75) is 114 Å². The molecule has 6 fully saturated rings. The van der Waals surface area contributed by atoms with Gasteiger partial charge in [-0.25, -0.2) is 5.01 Å². The Labute approximate surface area is 192 Å². The first-order valence-corrected chi connectivity index (χ1v) is 13.2. The lowest BCUT2D eigenvalue weighted by Crippen LogP contribution is -2.70. The van der Waals surface area contributed by atoms with Crippen molar-refractivity contribution >= 4 is 5.91 Å². The highest BCUT2D eigenvalue weighted by atomic mass is 16.7. The number of carbonyl (C=O) groups excluding carboxylic acids is 1. The van der Waals surface area contributed by atoms with Crippen molar-refractivity contribution in [2.24, 2.45) is 11.8 Å². The lowest BCUT2D eigenvalue weighted by atomic mass is 9.79. The van der Waals surface area contributed by atoms with E-state index in [2.05, 4.69) is 32.9 Å². The number of amides is 1. The lowest BCUT2D eigenvalue weighted by Gasteiger charge is -2.53. The topological polar surface area (TPSA) is 78.1 Å². The van der Waals surface area contributed by atoms with E-state index in [1.54, 1.807) is 0 Å². The normalized spacial score (nSPS) is 45.8. The van der Waals surface area contributed by atoms with E-state index in [-0.39, 0.29) is 30.1 Å². The van der Waals surface area contributed by atoms with Gasteiger partial charge in [0.2, 0.25) is 5.91 Å². The van der Waals surface area contributed by atoms with Crippen LogP contribution in [0.1, 0.15) is 71.1 Å². The van der Waals surface area contributed by atoms with Crippen LogP contribution in [0.25, 0.3) is 0 Å². The number of ether oxygens (including phenoxy) is 2. The summed E-state index contributed by atoms with van der Waals surface area (Å²) in [5.74, 6) is 1.10. The van der Waals surface area contributed by atoms with Gasteiger partial charge in [-0.15, -0.1) is 0 Å². The Morgan fingerprint density at radius 1 is 0.969 bits per heavy atom. The molecule has 0 radical (unpaired) electrons. The fraction of sp³-hybridized carbons (Fsp3) is 0.958. The Morgan fingerprint density at radius 2 is 1.78 bits per heavy atom. The maximum absolute atomic E-state index is 13.0. The second kappa shape index (κ2) is 9.12. The molecule has 4 heterocycles. The fourth-order valence-electron chi connectivity index (χ4n) is 7.44. The van der Waals surface area contributed by atoms with Crippen molar-refractivity contribution in [3.8, 4) is 0 Å². The summed E-state index contributed by atoms with van der Waals surface area (Å²) in [6.07, 6.45) is 12.7. The van der Waals surface area contributed by atoms with Gasteiger partial charge >= 0.3 is 0 Å². The molecule has 4 aliphatic heterocycles. The molecule has 0 spiro atoms. The van der Waals surface area contributed by atoms with E-state index in [0.717, 1.165) is 45.2 Å². The van der Waals surface area contributed by atoms with Crippen LogP contribution >= 0.6 is 0 Å². The van der Waals surface area contributed by atoms with Crippen LogP contribution in [0.4, 0.5) is 0 Å². The minimum atomic E-state index is 0.153. The zero-order valence-corrected chi connectivity index (χ0v) is 19.5. The first kappa shape index (κ1) is 21.7. The van der Waals surface area contributed by atoms with Gasteiger partial charge in [-0.1, -0.05) is 12.8 Å². The smallest absolute Gasteiger partial charge is 0.223 e. The van der Waals surface area contributed by atoms with Gasteiger partial charge in [-0.2, -0.15) is 0 Å². The number of hydrogen-bond acceptors (Lipinski definition) is 7. The van der Waals surface area contributed by atoms with E-state index in [1.165, 1.54) is 32.1 Å². The minimum Gasteiger partial charge on any atom is -0.353 e. The first-order valence-electron chi connectivity index (χ1n) is 13.2. The van der Waals surface area contributed by atoms with Gasteiger partial charge in [0.1, 0.15) is 6.79 Å². The predicted octanol–water partition coefficient (Wildman–Crippen LogP) is 1.52. The second-order valence-electron chi connectivity index (χ2n) is 11.2. The zero-order valence-electron chi connectivity index (χ0n) is 19.5. The summed E-state index contributed by atoms with van der Waals surface area (Å²) in [4.78, 5) is 15.7. The molecule has 8 heteroatoms. The molecule has 180 valence electrons. The third kappa shape index (κ3) is 4.12. The van der Waals surface area contributed by atoms with Crippen molar-refractivity contribution in [3.63, 3.8) is 0 Å². The van der Waals surface area contributed by atoms with Gasteiger partial charge in [0.15, 0.2) is 0 Å². The molecule has 6 aliphatic rings. The van der Waals surface area contributed by atoms with Crippen LogP contribution < -0.4 is 16.1 Å². The van der Waals surface area contributed by atoms with Crippen LogP contribution in [0.15, 0.2) is 0 Å². The highest BCUT2D eigenvalue weighted by Gasteiger charge is 2.49. The van der Waals surface area contributed by atoms with E-state index in [9.17, 15) is 4.79 Å². The maximum atomic E-state index is 13.0. The van der Waals surface area contributed by atoms with E-state index in [4.69, 9.17) is 9.47 Å². The Balaban J connectivity index is 1.03. The van der Waals surface area contributed by atoms with Gasteiger partial charge in [-0.3, -0.25) is 20.4 Å². The third-order valence-electron chi connectivity index (χ3n) is 9.13. The number of carbonyl (C=O) groups is 1. The van der Waals surface area contributed by atoms with Crippen molar-refractivity contribution in [1.29, 1.82) is 0 Å². The van der Waals surface area contributed by atoms with Gasteiger partial charge in [0.25, 0.3) is 0 Å². The summed E-state index contributed by atoms with van der Waals surface area (Å²) in [5, 5.41) is 9.92. The monoisotopic (exact) mass is 447 g/mol. The zero-order chi connectivity index (χ0) is 21.7. The molecule has 2 saturated carbocycles. The summed E-state index contributed by atoms with van der Waals surface area (Å²) in [5.41, 5.74) is 3.74. The molecule has 0 aromatic heterocycles. The molecule has 2 aliphatic carbocycles. The van der Waals surface area contributed by atoms with Crippen molar-refractivity contribution in [2.75, 3.05) is 19.9 Å². The minimum absolute atomic E-state index is 0.153. The molecule has 6 rings (SSSR count). The number of hydrazine groups is 1. The number of nitrogens with one attached hydrogen (secondary N) is 3. The summed E-state index contributed by atoms with van der Waals surface area (Å²) in [7, 11) is 0. The molecular formula is C24H41N5O3.